The number of methoxy groups -OCH3 is 1. The third-order valence-corrected chi connectivity index (χ3v) is 4.41. The van der Waals surface area contributed by atoms with Gasteiger partial charge < -0.3 is 4.74 Å². The molecule has 4 nitrogen and oxygen atoms in total. The van der Waals surface area contributed by atoms with Gasteiger partial charge in [0.1, 0.15) is 11.5 Å². The lowest BCUT2D eigenvalue weighted by Gasteiger charge is -2.06. The van der Waals surface area contributed by atoms with Gasteiger partial charge in [-0.2, -0.15) is 5.10 Å². The van der Waals surface area contributed by atoms with Crippen LogP contribution in [-0.2, 0) is 24.2 Å². The number of ether oxygens (including phenoxy) is 1. The molecule has 5 heteroatoms. The summed E-state index contributed by atoms with van der Waals surface area (Å²) in [5.74, 6) is 0.976. The van der Waals surface area contributed by atoms with E-state index in [0.717, 1.165) is 33.7 Å². The molecule has 0 unspecified atom stereocenters. The van der Waals surface area contributed by atoms with E-state index in [2.05, 4.69) is 21.0 Å². The number of rotatable bonds is 6. The Labute approximate surface area is 133 Å². The van der Waals surface area contributed by atoms with Crippen molar-refractivity contribution in [3.63, 3.8) is 0 Å². The summed E-state index contributed by atoms with van der Waals surface area (Å²) in [6.45, 7) is 4.72. The first kappa shape index (κ1) is 15.8. The van der Waals surface area contributed by atoms with Crippen molar-refractivity contribution in [1.82, 2.24) is 9.78 Å². The average molecular weight is 351 g/mol. The van der Waals surface area contributed by atoms with Crippen LogP contribution in [0.2, 0.25) is 0 Å². The topological polar surface area (TPSA) is 44.1 Å². The third kappa shape index (κ3) is 3.73. The van der Waals surface area contributed by atoms with E-state index >= 15 is 0 Å². The minimum absolute atomic E-state index is 0.176. The van der Waals surface area contributed by atoms with Crippen LogP contribution in [0, 0.1) is 6.92 Å². The summed E-state index contributed by atoms with van der Waals surface area (Å²) in [5, 5.41) is 4.41. The fourth-order valence-corrected chi connectivity index (χ4v) is 2.68. The van der Waals surface area contributed by atoms with Crippen molar-refractivity contribution in [2.75, 3.05) is 7.11 Å². The van der Waals surface area contributed by atoms with Gasteiger partial charge in [-0.05, 0) is 47.5 Å². The largest absolute Gasteiger partial charge is 0.497 e. The van der Waals surface area contributed by atoms with Gasteiger partial charge in [0.2, 0.25) is 0 Å². The van der Waals surface area contributed by atoms with Gasteiger partial charge >= 0.3 is 0 Å². The number of halogens is 1. The molecule has 0 spiro atoms. The molecule has 0 atom stereocenters. The summed E-state index contributed by atoms with van der Waals surface area (Å²) in [6.07, 6.45) is 0.811. The molecule has 21 heavy (non-hydrogen) atoms. The van der Waals surface area contributed by atoms with Gasteiger partial charge in [-0.3, -0.25) is 9.48 Å². The molecule has 1 aromatic heterocycles. The first-order valence-electron chi connectivity index (χ1n) is 6.91. The van der Waals surface area contributed by atoms with E-state index in [9.17, 15) is 4.79 Å². The van der Waals surface area contributed by atoms with E-state index in [1.54, 1.807) is 7.11 Å². The normalized spacial score (nSPS) is 10.7. The van der Waals surface area contributed by atoms with E-state index < -0.39 is 0 Å². The molecular formula is C16H19BrN2O2. The van der Waals surface area contributed by atoms with Crippen LogP contribution < -0.4 is 4.74 Å². The number of hydrogen-bond acceptors (Lipinski definition) is 3. The molecular weight excluding hydrogens is 332 g/mol. The Morgan fingerprint density at radius 2 is 1.95 bits per heavy atom. The lowest BCUT2D eigenvalue weighted by atomic mass is 10.1. The number of aryl methyl sites for hydroxylation is 2. The number of aromatic nitrogens is 2. The molecule has 0 aliphatic carbocycles. The maximum atomic E-state index is 12.3. The number of Topliss-reactive ketones (excluding diaryl/α,β-unsaturated/α-hetero) is 1. The van der Waals surface area contributed by atoms with Gasteiger partial charge in [0.05, 0.1) is 23.0 Å². The van der Waals surface area contributed by atoms with Crippen molar-refractivity contribution in [3.8, 4) is 5.75 Å². The molecule has 0 bridgehead atoms. The lowest BCUT2D eigenvalue weighted by molar-refractivity contribution is -0.117. The SMILES string of the molecule is CCn1nc(C)c(Br)c1CC(=O)Cc1ccc(OC)cc1. The smallest absolute Gasteiger partial charge is 0.143 e. The number of ketones is 1. The molecule has 0 aliphatic heterocycles. The third-order valence-electron chi connectivity index (χ3n) is 3.38. The molecule has 2 rings (SSSR count). The maximum Gasteiger partial charge on any atom is 0.143 e. The van der Waals surface area contributed by atoms with Crippen molar-refractivity contribution in [2.24, 2.45) is 0 Å². The van der Waals surface area contributed by atoms with E-state index in [1.165, 1.54) is 0 Å². The average Bonchev–Trinajstić information content (AvgIpc) is 2.75. The summed E-state index contributed by atoms with van der Waals surface area (Å²) < 4.78 is 7.93. The first-order valence-corrected chi connectivity index (χ1v) is 7.70. The van der Waals surface area contributed by atoms with Crippen LogP contribution in [0.25, 0.3) is 0 Å². The summed E-state index contributed by atoms with van der Waals surface area (Å²) in [6, 6.07) is 7.60. The Kier molecular flexibility index (Phi) is 5.17. The van der Waals surface area contributed by atoms with Gasteiger partial charge in [-0.1, -0.05) is 12.1 Å². The van der Waals surface area contributed by atoms with Gasteiger partial charge in [-0.25, -0.2) is 0 Å². The van der Waals surface area contributed by atoms with Gasteiger partial charge in [0.25, 0.3) is 0 Å². The number of hydrogen-bond donors (Lipinski definition) is 0. The van der Waals surface area contributed by atoms with Crippen molar-refractivity contribution in [2.45, 2.75) is 33.2 Å². The lowest BCUT2D eigenvalue weighted by Crippen LogP contribution is -2.12. The Bertz CT molecular complexity index is 632. The zero-order chi connectivity index (χ0) is 15.4. The van der Waals surface area contributed by atoms with Crippen LogP contribution in [0.4, 0.5) is 0 Å². The quantitative estimate of drug-likeness (QED) is 0.802. The fourth-order valence-electron chi connectivity index (χ4n) is 2.26. The molecule has 2 aromatic rings. The first-order chi connectivity index (χ1) is 10.0. The standard InChI is InChI=1S/C16H19BrN2O2/c1-4-19-15(16(17)11(2)18-19)10-13(20)9-12-5-7-14(21-3)8-6-12/h5-8H,4,9-10H2,1-3H3. The molecule has 112 valence electrons. The molecule has 0 saturated carbocycles. The number of nitrogens with zero attached hydrogens (tertiary/aromatic N) is 2. The predicted molar refractivity (Wildman–Crippen MR) is 85.7 cm³/mol. The Morgan fingerprint density at radius 1 is 1.29 bits per heavy atom. The predicted octanol–water partition coefficient (Wildman–Crippen LogP) is 3.34. The molecule has 1 aromatic carbocycles. The molecule has 0 fully saturated rings. The summed E-state index contributed by atoms with van der Waals surface area (Å²) in [7, 11) is 1.63. The van der Waals surface area contributed by atoms with Crippen molar-refractivity contribution in [1.29, 1.82) is 0 Å². The monoisotopic (exact) mass is 350 g/mol. The second kappa shape index (κ2) is 6.89. The zero-order valence-electron chi connectivity index (χ0n) is 12.5. The highest BCUT2D eigenvalue weighted by Crippen LogP contribution is 2.22. The Hall–Kier alpha value is -1.62. The van der Waals surface area contributed by atoms with E-state index in [0.29, 0.717) is 12.8 Å². The molecule has 0 aliphatic rings. The minimum Gasteiger partial charge on any atom is -0.497 e. The highest BCUT2D eigenvalue weighted by atomic mass is 79.9. The Balaban J connectivity index is 2.07. The Morgan fingerprint density at radius 3 is 2.52 bits per heavy atom. The van der Waals surface area contributed by atoms with Crippen molar-refractivity contribution < 1.29 is 9.53 Å². The van der Waals surface area contributed by atoms with Gasteiger partial charge in [0, 0.05) is 19.4 Å². The fraction of sp³-hybridized carbons (Fsp3) is 0.375. The van der Waals surface area contributed by atoms with Crippen molar-refractivity contribution in [3.05, 3.63) is 45.7 Å². The molecule has 0 N–H and O–H groups in total. The van der Waals surface area contributed by atoms with Crippen molar-refractivity contribution >= 4 is 21.7 Å². The van der Waals surface area contributed by atoms with Crippen LogP contribution in [-0.4, -0.2) is 22.7 Å². The van der Waals surface area contributed by atoms with E-state index in [1.807, 2.05) is 42.8 Å². The second-order valence-corrected chi connectivity index (χ2v) is 5.70. The van der Waals surface area contributed by atoms with Crippen LogP contribution in [0.3, 0.4) is 0 Å². The van der Waals surface area contributed by atoms with Gasteiger partial charge in [-0.15, -0.1) is 0 Å². The molecule has 0 saturated heterocycles. The number of carbonyl (C=O) groups is 1. The van der Waals surface area contributed by atoms with Gasteiger partial charge in [0.15, 0.2) is 0 Å². The molecule has 0 amide bonds. The zero-order valence-corrected chi connectivity index (χ0v) is 14.1. The minimum atomic E-state index is 0.176. The van der Waals surface area contributed by atoms with Crippen LogP contribution in [0.1, 0.15) is 23.9 Å². The number of benzene rings is 1. The highest BCUT2D eigenvalue weighted by Gasteiger charge is 2.15. The molecule has 0 radical (unpaired) electrons. The summed E-state index contributed by atoms with van der Waals surface area (Å²) in [4.78, 5) is 12.3. The van der Waals surface area contributed by atoms with Crippen LogP contribution >= 0.6 is 15.9 Å². The van der Waals surface area contributed by atoms with Crippen LogP contribution in [0.15, 0.2) is 28.7 Å². The van der Waals surface area contributed by atoms with E-state index in [-0.39, 0.29) is 5.78 Å². The second-order valence-electron chi connectivity index (χ2n) is 4.90. The highest BCUT2D eigenvalue weighted by molar-refractivity contribution is 9.10. The summed E-state index contributed by atoms with van der Waals surface area (Å²) in [5.41, 5.74) is 2.87. The van der Waals surface area contributed by atoms with E-state index in [4.69, 9.17) is 4.74 Å². The van der Waals surface area contributed by atoms with Crippen LogP contribution in [0.5, 0.6) is 5.75 Å². The summed E-state index contributed by atoms with van der Waals surface area (Å²) >= 11 is 3.52. The molecule has 1 heterocycles. The number of carbonyl (C=O) groups excluding carboxylic acids is 1. The maximum absolute atomic E-state index is 12.3.